The molecule has 0 spiro atoms. The number of aromatic amines is 1. The van der Waals surface area contributed by atoms with E-state index in [1.54, 1.807) is 13.0 Å². The number of aromatic nitrogens is 2. The molecule has 2 N–H and O–H groups in total. The normalized spacial score (nSPS) is 11.9. The van der Waals surface area contributed by atoms with Crippen molar-refractivity contribution in [2.75, 3.05) is 10.5 Å². The minimum absolute atomic E-state index is 0.0475. The van der Waals surface area contributed by atoms with Crippen molar-refractivity contribution >= 4 is 26.7 Å². The van der Waals surface area contributed by atoms with Crippen molar-refractivity contribution in [1.82, 2.24) is 9.97 Å². The minimum atomic E-state index is -3.28. The highest BCUT2D eigenvalue weighted by atomic mass is 32.2. The van der Waals surface area contributed by atoms with Crippen molar-refractivity contribution in [3.63, 3.8) is 0 Å². The molecule has 0 aliphatic heterocycles. The van der Waals surface area contributed by atoms with E-state index in [9.17, 15) is 8.42 Å². The van der Waals surface area contributed by atoms with Crippen molar-refractivity contribution < 1.29 is 8.42 Å². The number of fused-ring (bicyclic) bond motifs is 1. The number of benzene rings is 1. The molecule has 0 saturated heterocycles. The first-order valence-corrected chi connectivity index (χ1v) is 7.04. The number of H-pyrrole nitrogens is 1. The van der Waals surface area contributed by atoms with Crippen LogP contribution in [0.1, 0.15) is 18.3 Å². The number of imidazole rings is 1. The van der Waals surface area contributed by atoms with Crippen LogP contribution in [0.25, 0.3) is 11.0 Å². The first-order chi connectivity index (χ1) is 7.91. The van der Waals surface area contributed by atoms with Gasteiger partial charge in [-0.1, -0.05) is 0 Å². The lowest BCUT2D eigenvalue weighted by Gasteiger charge is -2.07. The van der Waals surface area contributed by atoms with Gasteiger partial charge < -0.3 is 4.98 Å². The maximum Gasteiger partial charge on any atom is 0.232 e. The van der Waals surface area contributed by atoms with Gasteiger partial charge in [0.05, 0.1) is 17.0 Å². The third kappa shape index (κ3) is 2.41. The molecule has 0 amide bonds. The Kier molecular flexibility index (Phi) is 2.82. The first kappa shape index (κ1) is 11.9. The lowest BCUT2D eigenvalue weighted by molar-refractivity contribution is 0.602. The summed E-state index contributed by atoms with van der Waals surface area (Å²) in [6.07, 6.45) is 0. The van der Waals surface area contributed by atoms with Crippen LogP contribution in [-0.2, 0) is 10.0 Å². The molecule has 0 aliphatic rings. The van der Waals surface area contributed by atoms with E-state index in [4.69, 9.17) is 0 Å². The summed E-state index contributed by atoms with van der Waals surface area (Å²) in [6.45, 7) is 5.36. The summed E-state index contributed by atoms with van der Waals surface area (Å²) in [6, 6.07) is 3.73. The topological polar surface area (TPSA) is 74.8 Å². The number of nitrogens with one attached hydrogen (secondary N) is 2. The van der Waals surface area contributed by atoms with Gasteiger partial charge in [0.2, 0.25) is 10.0 Å². The predicted octanol–water partition coefficient (Wildman–Crippen LogP) is 1.94. The fraction of sp³-hybridized carbons (Fsp3) is 0.364. The Morgan fingerprint density at radius 1 is 1.35 bits per heavy atom. The fourth-order valence-electron chi connectivity index (χ4n) is 1.70. The van der Waals surface area contributed by atoms with Crippen LogP contribution in [0.3, 0.4) is 0 Å². The van der Waals surface area contributed by atoms with E-state index in [0.29, 0.717) is 11.2 Å². The third-order valence-electron chi connectivity index (χ3n) is 2.49. The monoisotopic (exact) mass is 253 g/mol. The van der Waals surface area contributed by atoms with Crippen molar-refractivity contribution in [2.24, 2.45) is 0 Å². The highest BCUT2D eigenvalue weighted by molar-refractivity contribution is 7.92. The van der Waals surface area contributed by atoms with Crippen molar-refractivity contribution in [3.05, 3.63) is 23.5 Å². The predicted molar refractivity (Wildman–Crippen MR) is 68.7 cm³/mol. The second-order valence-electron chi connectivity index (χ2n) is 4.04. The van der Waals surface area contributed by atoms with E-state index in [2.05, 4.69) is 14.7 Å². The van der Waals surface area contributed by atoms with E-state index in [0.717, 1.165) is 16.9 Å². The molecule has 2 rings (SSSR count). The van der Waals surface area contributed by atoms with E-state index < -0.39 is 10.0 Å². The second kappa shape index (κ2) is 4.03. The molecule has 0 unspecified atom stereocenters. The maximum atomic E-state index is 11.6. The molecule has 0 fully saturated rings. The molecule has 0 radical (unpaired) electrons. The Morgan fingerprint density at radius 2 is 2.06 bits per heavy atom. The van der Waals surface area contributed by atoms with Crippen molar-refractivity contribution in [3.8, 4) is 0 Å². The van der Waals surface area contributed by atoms with Gasteiger partial charge in [-0.25, -0.2) is 13.4 Å². The number of aryl methyl sites for hydroxylation is 2. The molecule has 5 nitrogen and oxygen atoms in total. The molecule has 6 heteroatoms. The minimum Gasteiger partial charge on any atom is -0.342 e. The molecule has 92 valence electrons. The van der Waals surface area contributed by atoms with Crippen molar-refractivity contribution in [1.29, 1.82) is 0 Å². The Morgan fingerprint density at radius 3 is 2.71 bits per heavy atom. The maximum absolute atomic E-state index is 11.6. The van der Waals surface area contributed by atoms with Gasteiger partial charge in [0.1, 0.15) is 11.3 Å². The SMILES string of the molecule is CCS(=O)(=O)Nc1cc(C)cc2[nH]c(C)nc12. The number of rotatable bonds is 3. The summed E-state index contributed by atoms with van der Waals surface area (Å²) in [5.74, 6) is 0.814. The molecule has 17 heavy (non-hydrogen) atoms. The van der Waals surface area contributed by atoms with Gasteiger partial charge in [-0.05, 0) is 38.5 Å². The zero-order valence-corrected chi connectivity index (χ0v) is 10.9. The van der Waals surface area contributed by atoms with E-state index >= 15 is 0 Å². The smallest absolute Gasteiger partial charge is 0.232 e. The van der Waals surface area contributed by atoms with Gasteiger partial charge in [-0.3, -0.25) is 4.72 Å². The van der Waals surface area contributed by atoms with E-state index in [1.807, 2.05) is 19.9 Å². The summed E-state index contributed by atoms with van der Waals surface area (Å²) >= 11 is 0. The summed E-state index contributed by atoms with van der Waals surface area (Å²) < 4.78 is 25.7. The van der Waals surface area contributed by atoms with E-state index in [1.165, 1.54) is 0 Å². The lowest BCUT2D eigenvalue weighted by Crippen LogP contribution is -2.14. The van der Waals surface area contributed by atoms with Gasteiger partial charge in [0.15, 0.2) is 0 Å². The standard InChI is InChI=1S/C11H15N3O2S/c1-4-17(15,16)14-10-6-7(2)5-9-11(10)13-8(3)12-9/h5-6,14H,4H2,1-3H3,(H,12,13). The Labute approximate surface area is 100 Å². The Balaban J connectivity index is 2.60. The van der Waals surface area contributed by atoms with E-state index in [-0.39, 0.29) is 5.75 Å². The van der Waals surface area contributed by atoms with Crippen LogP contribution in [0.5, 0.6) is 0 Å². The Bertz CT molecular complexity index is 659. The van der Waals surface area contributed by atoms with Crippen LogP contribution in [-0.4, -0.2) is 24.1 Å². The molecule has 2 aromatic rings. The van der Waals surface area contributed by atoms with Crippen LogP contribution in [0.15, 0.2) is 12.1 Å². The largest absolute Gasteiger partial charge is 0.342 e. The molecule has 1 heterocycles. The molecule has 0 saturated carbocycles. The zero-order valence-electron chi connectivity index (χ0n) is 10.0. The summed E-state index contributed by atoms with van der Waals surface area (Å²) in [4.78, 5) is 7.39. The van der Waals surface area contributed by atoms with Crippen LogP contribution in [0.2, 0.25) is 0 Å². The second-order valence-corrected chi connectivity index (χ2v) is 6.05. The molecular weight excluding hydrogens is 238 g/mol. The number of nitrogens with zero attached hydrogens (tertiary/aromatic N) is 1. The quantitative estimate of drug-likeness (QED) is 0.877. The number of anilines is 1. The van der Waals surface area contributed by atoms with Crippen molar-refractivity contribution in [2.45, 2.75) is 20.8 Å². The fourth-order valence-corrected chi connectivity index (χ4v) is 2.34. The van der Waals surface area contributed by atoms with Crippen LogP contribution in [0, 0.1) is 13.8 Å². The zero-order chi connectivity index (χ0) is 12.6. The molecule has 0 aliphatic carbocycles. The third-order valence-corrected chi connectivity index (χ3v) is 3.79. The van der Waals surface area contributed by atoms with Gasteiger partial charge in [-0.15, -0.1) is 0 Å². The van der Waals surface area contributed by atoms with Crippen LogP contribution >= 0.6 is 0 Å². The highest BCUT2D eigenvalue weighted by Gasteiger charge is 2.12. The van der Waals surface area contributed by atoms with Gasteiger partial charge >= 0.3 is 0 Å². The van der Waals surface area contributed by atoms with Gasteiger partial charge in [0.25, 0.3) is 0 Å². The summed E-state index contributed by atoms with van der Waals surface area (Å²) in [7, 11) is -3.28. The molecule has 1 aromatic carbocycles. The average molecular weight is 253 g/mol. The van der Waals surface area contributed by atoms with Gasteiger partial charge in [-0.2, -0.15) is 0 Å². The average Bonchev–Trinajstić information content (AvgIpc) is 2.58. The lowest BCUT2D eigenvalue weighted by atomic mass is 10.2. The summed E-state index contributed by atoms with van der Waals surface area (Å²) in [5, 5.41) is 0. The number of hydrogen-bond donors (Lipinski definition) is 2. The van der Waals surface area contributed by atoms with Crippen LogP contribution < -0.4 is 4.72 Å². The van der Waals surface area contributed by atoms with Crippen LogP contribution in [0.4, 0.5) is 5.69 Å². The highest BCUT2D eigenvalue weighted by Crippen LogP contribution is 2.24. The number of sulfonamides is 1. The molecule has 0 bridgehead atoms. The summed E-state index contributed by atoms with van der Waals surface area (Å²) in [5.41, 5.74) is 3.02. The molecule has 0 atom stereocenters. The number of hydrogen-bond acceptors (Lipinski definition) is 3. The molecular formula is C11H15N3O2S. The van der Waals surface area contributed by atoms with Gasteiger partial charge in [0, 0.05) is 0 Å². The first-order valence-electron chi connectivity index (χ1n) is 5.39. The Hall–Kier alpha value is -1.56. The molecule has 1 aromatic heterocycles.